The van der Waals surface area contributed by atoms with Gasteiger partial charge in [-0.15, -0.1) is 0 Å². The van der Waals surface area contributed by atoms with Gasteiger partial charge in [0.15, 0.2) is 23.8 Å². The average molecular weight is 568 g/mol. The van der Waals surface area contributed by atoms with Crippen LogP contribution in [0, 0.1) is 0 Å². The molecule has 0 spiro atoms. The van der Waals surface area contributed by atoms with Crippen LogP contribution in [0.25, 0.3) is 11.2 Å². The Morgan fingerprint density at radius 2 is 1.76 bits per heavy atom. The van der Waals surface area contributed by atoms with Gasteiger partial charge in [-0.25, -0.2) is 15.0 Å². The molecule has 2 saturated heterocycles. The zero-order valence-electron chi connectivity index (χ0n) is 24.0. The third-order valence-electron chi connectivity index (χ3n) is 7.83. The molecule has 0 saturated carbocycles. The molecule has 0 aromatic carbocycles. The van der Waals surface area contributed by atoms with E-state index in [0.717, 1.165) is 0 Å². The van der Waals surface area contributed by atoms with Gasteiger partial charge in [-0.05, 0) is 22.2 Å². The van der Waals surface area contributed by atoms with E-state index < -0.39 is 41.7 Å². The van der Waals surface area contributed by atoms with Crippen molar-refractivity contribution in [3.05, 3.63) is 12.7 Å². The number of imidazole rings is 1. The fourth-order valence-electron chi connectivity index (χ4n) is 5.76. The first-order chi connectivity index (χ1) is 17.9. The van der Waals surface area contributed by atoms with Crippen LogP contribution in [-0.4, -0.2) is 67.5 Å². The van der Waals surface area contributed by atoms with Crippen LogP contribution in [0.15, 0.2) is 12.7 Å². The first-order valence-electron chi connectivity index (χ1n) is 13.7. The van der Waals surface area contributed by atoms with Crippen molar-refractivity contribution >= 4 is 40.1 Å². The quantitative estimate of drug-likeness (QED) is 0.288. The Bertz CT molecular complexity index is 1130. The number of ether oxygens (including phenoxy) is 2. The molecule has 0 aliphatic carbocycles. The fourth-order valence-corrected chi connectivity index (χ4v) is 17.0. The van der Waals surface area contributed by atoms with Crippen LogP contribution in [0.4, 0.5) is 5.82 Å². The lowest BCUT2D eigenvalue weighted by Gasteiger charge is -2.51. The van der Waals surface area contributed by atoms with Crippen molar-refractivity contribution in [2.45, 2.75) is 115 Å². The summed E-state index contributed by atoms with van der Waals surface area (Å²) in [6, 6.07) is 0. The van der Waals surface area contributed by atoms with Gasteiger partial charge in [-0.3, -0.25) is 9.36 Å². The second-order valence-corrected chi connectivity index (χ2v) is 20.4. The molecule has 2 N–H and O–H groups in total. The number of nitrogen functional groups attached to an aromatic ring is 1. The molecule has 2 aromatic rings. The Morgan fingerprint density at radius 3 is 2.34 bits per heavy atom. The number of nitrogens with zero attached hydrogens (tertiary/aromatic N) is 4. The van der Waals surface area contributed by atoms with Crippen LogP contribution < -0.4 is 5.73 Å². The molecule has 4 rings (SSSR count). The van der Waals surface area contributed by atoms with E-state index in [2.05, 4.69) is 70.3 Å². The summed E-state index contributed by atoms with van der Waals surface area (Å²) in [6.45, 7) is 19.4. The molecule has 4 heterocycles. The maximum absolute atomic E-state index is 12.7. The van der Waals surface area contributed by atoms with Gasteiger partial charge in [0, 0.05) is 6.42 Å². The monoisotopic (exact) mass is 567 g/mol. The van der Waals surface area contributed by atoms with E-state index in [1.807, 2.05) is 0 Å². The average Bonchev–Trinajstić information content (AvgIpc) is 3.40. The van der Waals surface area contributed by atoms with Crippen molar-refractivity contribution in [1.82, 2.24) is 19.5 Å². The van der Waals surface area contributed by atoms with Gasteiger partial charge in [0.05, 0.1) is 12.9 Å². The zero-order chi connectivity index (χ0) is 28.0. The van der Waals surface area contributed by atoms with Gasteiger partial charge >= 0.3 is 23.1 Å². The molecule has 2 fully saturated rings. The molecule has 2 aromatic heterocycles. The number of esters is 1. The normalized spacial score (nSPS) is 27.2. The predicted molar refractivity (Wildman–Crippen MR) is 148 cm³/mol. The standard InChI is InChI=1S/C25H43N5O6Si2/c1-10-19(31)34-22-21-18(33-25(22)30-13-29-20-23(26)27-12-28-24(20)30)11-32-37(14(2)3,15(4)5)36-38(35-21,16(6)7)17(8)9/h12-18,21-22,25H,10-11H2,1-9H3,(H2,26,27,28)/t18-,21-,22-,25-/m1/s1/i35+2. The maximum atomic E-state index is 12.7. The first-order valence-corrected chi connectivity index (χ1v) is 17.6. The number of nitrogens with two attached hydrogens (primary N) is 1. The molecular weight excluding hydrogens is 524 g/mol. The summed E-state index contributed by atoms with van der Waals surface area (Å²) < 4.78 is 35.8. The van der Waals surface area contributed by atoms with Crippen LogP contribution in [0.5, 0.6) is 0 Å². The number of fused-ring (bicyclic) bond motifs is 2. The molecule has 2 aliphatic rings. The minimum absolute atomic E-state index is 0.123. The SMILES string of the molecule is CCC(=O)O[C@@H]1[C@@H]2[18O][Si](C(C)C)(C(C)C)O[Si](C(C)C)(C(C)C)OC[C@H]2O[C@H]1n1cnc2c(N)ncnc21. The summed E-state index contributed by atoms with van der Waals surface area (Å²) in [5.74, 6) is -0.0757. The number of carbonyl (C=O) groups is 1. The highest BCUT2D eigenvalue weighted by Crippen LogP contribution is 2.49. The number of hydrogen-bond donors (Lipinski definition) is 1. The van der Waals surface area contributed by atoms with Crippen molar-refractivity contribution in [3.8, 4) is 0 Å². The summed E-state index contributed by atoms with van der Waals surface area (Å²) in [5.41, 5.74) is 7.66. The highest BCUT2D eigenvalue weighted by Gasteiger charge is 2.62. The summed E-state index contributed by atoms with van der Waals surface area (Å²) in [5, 5.41) is 0. The summed E-state index contributed by atoms with van der Waals surface area (Å²) in [6.07, 6.45) is 0.641. The van der Waals surface area contributed by atoms with E-state index in [1.165, 1.54) is 6.33 Å². The number of anilines is 1. The predicted octanol–water partition coefficient (Wildman–Crippen LogP) is 4.58. The molecular formula is C25H43N5O6Si2. The minimum Gasteiger partial charge on any atom is -0.455 e. The lowest BCUT2D eigenvalue weighted by atomic mass is 10.1. The van der Waals surface area contributed by atoms with Crippen LogP contribution in [0.2, 0.25) is 22.2 Å². The third-order valence-corrected chi connectivity index (χ3v) is 18.1. The van der Waals surface area contributed by atoms with Crippen molar-refractivity contribution in [2.75, 3.05) is 12.3 Å². The molecule has 0 amide bonds. The molecule has 0 unspecified atom stereocenters. The van der Waals surface area contributed by atoms with Crippen LogP contribution in [0.1, 0.15) is 75.0 Å². The van der Waals surface area contributed by atoms with E-state index >= 15 is 0 Å². The Labute approximate surface area is 227 Å². The fraction of sp³-hybridized carbons (Fsp3) is 0.760. The van der Waals surface area contributed by atoms with E-state index in [9.17, 15) is 4.79 Å². The number of hydrogen-bond acceptors (Lipinski definition) is 10. The van der Waals surface area contributed by atoms with Gasteiger partial charge in [0.2, 0.25) is 0 Å². The Balaban J connectivity index is 1.85. The largest absolute Gasteiger partial charge is 0.455 e. The van der Waals surface area contributed by atoms with E-state index in [1.54, 1.807) is 17.8 Å². The van der Waals surface area contributed by atoms with Crippen molar-refractivity contribution in [2.24, 2.45) is 0 Å². The van der Waals surface area contributed by atoms with E-state index in [0.29, 0.717) is 11.2 Å². The summed E-state index contributed by atoms with van der Waals surface area (Å²) in [7, 11) is -5.70. The Hall–Kier alpha value is -1.91. The Kier molecular flexibility index (Phi) is 8.37. The van der Waals surface area contributed by atoms with Crippen LogP contribution in [-0.2, 0) is 27.2 Å². The molecule has 2 aliphatic heterocycles. The van der Waals surface area contributed by atoms with E-state index in [-0.39, 0.29) is 47.0 Å². The highest BCUT2D eigenvalue weighted by molar-refractivity contribution is 6.84. The Morgan fingerprint density at radius 1 is 1.11 bits per heavy atom. The summed E-state index contributed by atoms with van der Waals surface area (Å²) in [4.78, 5) is 25.6. The minimum atomic E-state index is -2.95. The number of aromatic nitrogens is 4. The zero-order valence-corrected chi connectivity index (χ0v) is 26.0. The van der Waals surface area contributed by atoms with Gasteiger partial charge in [-0.2, -0.15) is 0 Å². The second kappa shape index (κ2) is 10.9. The molecule has 212 valence electrons. The molecule has 4 atom stereocenters. The van der Waals surface area contributed by atoms with Crippen LogP contribution >= 0.6 is 0 Å². The van der Waals surface area contributed by atoms with E-state index in [4.69, 9.17) is 28.2 Å². The molecule has 13 heteroatoms. The maximum Gasteiger partial charge on any atom is 0.335 e. The molecule has 11 nitrogen and oxygen atoms in total. The highest BCUT2D eigenvalue weighted by atomic mass is 28.5. The van der Waals surface area contributed by atoms with Crippen molar-refractivity contribution < 1.29 is 27.2 Å². The summed E-state index contributed by atoms with van der Waals surface area (Å²) >= 11 is 0. The number of carbonyl (C=O) groups excluding carboxylic acids is 1. The molecule has 0 bridgehead atoms. The van der Waals surface area contributed by atoms with Gasteiger partial charge in [-0.1, -0.05) is 62.3 Å². The van der Waals surface area contributed by atoms with Gasteiger partial charge < -0.3 is 28.2 Å². The van der Waals surface area contributed by atoms with Crippen molar-refractivity contribution in [3.63, 3.8) is 0 Å². The lowest BCUT2D eigenvalue weighted by molar-refractivity contribution is -0.158. The molecule has 38 heavy (non-hydrogen) atoms. The topological polar surface area (TPSA) is 133 Å². The second-order valence-electron chi connectivity index (χ2n) is 11.5. The first kappa shape index (κ1) is 29.1. The van der Waals surface area contributed by atoms with Gasteiger partial charge in [0.1, 0.15) is 24.1 Å². The number of rotatable bonds is 7. The lowest BCUT2D eigenvalue weighted by Crippen LogP contribution is -2.66. The third kappa shape index (κ3) is 4.81. The smallest absolute Gasteiger partial charge is 0.335 e. The molecule has 0 radical (unpaired) electrons. The van der Waals surface area contributed by atoms with Crippen LogP contribution in [0.3, 0.4) is 0 Å². The van der Waals surface area contributed by atoms with Gasteiger partial charge in [0.25, 0.3) is 0 Å². The van der Waals surface area contributed by atoms with Crippen molar-refractivity contribution in [1.29, 1.82) is 0 Å².